The standard InChI is InChI=1S/C26H36N3O7P/c1-5-19-21(22(33-15-14-32-4)24(34-19)28-16-17(2)23(30)27-25(28)31)35-37-29-13-9-12-20(29)26(3,36-37)18-10-7-6-8-11-18/h6-8,10-11,16,19-22,24H,5,9,12-15H2,1-4H3,(H,27,30,31)/t19-,20-,21?,22+,24-,26+,37-/m1/s1. The summed E-state index contributed by atoms with van der Waals surface area (Å²) in [5, 5.41) is 0. The molecule has 7 atom stereocenters. The van der Waals surface area contributed by atoms with Crippen LogP contribution in [0.1, 0.15) is 50.5 Å². The molecule has 3 saturated heterocycles. The first kappa shape index (κ1) is 26.7. The molecule has 11 heteroatoms. The number of H-pyrrole nitrogens is 1. The summed E-state index contributed by atoms with van der Waals surface area (Å²) in [5.41, 5.74) is 0.104. The molecule has 0 radical (unpaired) electrons. The monoisotopic (exact) mass is 533 g/mol. The Labute approximate surface area is 217 Å². The molecule has 4 heterocycles. The molecule has 10 nitrogen and oxygen atoms in total. The molecular weight excluding hydrogens is 497 g/mol. The number of rotatable bonds is 9. The molecule has 37 heavy (non-hydrogen) atoms. The minimum Gasteiger partial charge on any atom is -0.382 e. The summed E-state index contributed by atoms with van der Waals surface area (Å²) in [5.74, 6) is 0. The highest BCUT2D eigenvalue weighted by molar-refractivity contribution is 7.45. The van der Waals surface area contributed by atoms with Crippen molar-refractivity contribution in [1.82, 2.24) is 14.2 Å². The van der Waals surface area contributed by atoms with E-state index in [1.807, 2.05) is 25.1 Å². The number of benzene rings is 1. The van der Waals surface area contributed by atoms with Crippen LogP contribution in [0.3, 0.4) is 0 Å². The van der Waals surface area contributed by atoms with Gasteiger partial charge in [-0.25, -0.2) is 9.46 Å². The van der Waals surface area contributed by atoms with Crippen molar-refractivity contribution < 1.29 is 23.3 Å². The van der Waals surface area contributed by atoms with Crippen LogP contribution in [0.25, 0.3) is 0 Å². The maximum atomic E-state index is 12.8. The quantitative estimate of drug-likeness (QED) is 0.387. The van der Waals surface area contributed by atoms with Crippen LogP contribution in [0.15, 0.2) is 46.1 Å². The molecule has 1 unspecified atom stereocenters. The molecule has 3 fully saturated rings. The molecule has 0 spiro atoms. The molecule has 0 saturated carbocycles. The second kappa shape index (κ2) is 11.1. The fourth-order valence-electron chi connectivity index (χ4n) is 5.59. The first-order chi connectivity index (χ1) is 17.9. The smallest absolute Gasteiger partial charge is 0.330 e. The Morgan fingerprint density at radius 3 is 2.70 bits per heavy atom. The number of hydrogen-bond donors (Lipinski definition) is 1. The van der Waals surface area contributed by atoms with Gasteiger partial charge in [0.15, 0.2) is 6.23 Å². The topological polar surface area (TPSA) is 104 Å². The van der Waals surface area contributed by atoms with E-state index in [0.29, 0.717) is 25.2 Å². The highest BCUT2D eigenvalue weighted by atomic mass is 31.2. The summed E-state index contributed by atoms with van der Waals surface area (Å²) in [6, 6.07) is 10.5. The highest BCUT2D eigenvalue weighted by Gasteiger charge is 2.57. The third-order valence-corrected chi connectivity index (χ3v) is 9.46. The van der Waals surface area contributed by atoms with Gasteiger partial charge in [0.05, 0.1) is 25.4 Å². The van der Waals surface area contributed by atoms with E-state index in [-0.39, 0.29) is 12.1 Å². The van der Waals surface area contributed by atoms with Gasteiger partial charge in [-0.15, -0.1) is 0 Å². The molecule has 202 valence electrons. The van der Waals surface area contributed by atoms with Crippen molar-refractivity contribution >= 4 is 8.53 Å². The Hall–Kier alpha value is -1.91. The molecule has 3 aliphatic heterocycles. The van der Waals surface area contributed by atoms with E-state index in [0.717, 1.165) is 24.9 Å². The molecule has 3 aliphatic rings. The van der Waals surface area contributed by atoms with Crippen molar-refractivity contribution in [2.45, 2.75) is 76.2 Å². The SMILES string of the molecule is CC[C@H]1O[C@@H](n2cc(C)c(=O)[nH]c2=O)[C@@H](OCCOC)C1O[P@]1O[C@@](C)(c2ccccc2)[C@H]2CCCN21. The van der Waals surface area contributed by atoms with E-state index in [1.54, 1.807) is 14.0 Å². The number of hydrogen-bond acceptors (Lipinski definition) is 8. The Bertz CT molecular complexity index is 1190. The second-order valence-electron chi connectivity index (χ2n) is 9.97. The van der Waals surface area contributed by atoms with Gasteiger partial charge < -0.3 is 23.3 Å². The number of methoxy groups -OCH3 is 1. The Balaban J connectivity index is 1.45. The van der Waals surface area contributed by atoms with Crippen LogP contribution < -0.4 is 11.2 Å². The Morgan fingerprint density at radius 2 is 1.97 bits per heavy atom. The van der Waals surface area contributed by atoms with Gasteiger partial charge in [-0.3, -0.25) is 14.3 Å². The number of fused-ring (bicyclic) bond motifs is 1. The van der Waals surface area contributed by atoms with E-state index in [2.05, 4.69) is 28.7 Å². The average molecular weight is 534 g/mol. The summed E-state index contributed by atoms with van der Waals surface area (Å²) >= 11 is 0. The largest absolute Gasteiger partial charge is 0.382 e. The van der Waals surface area contributed by atoms with Gasteiger partial charge in [-0.2, -0.15) is 0 Å². The number of aryl methyl sites for hydroxylation is 1. The third kappa shape index (κ3) is 4.96. The van der Waals surface area contributed by atoms with Gasteiger partial charge in [0.1, 0.15) is 17.8 Å². The lowest BCUT2D eigenvalue weighted by molar-refractivity contribution is -0.0784. The third-order valence-electron chi connectivity index (χ3n) is 7.60. The van der Waals surface area contributed by atoms with Gasteiger partial charge in [-0.05, 0) is 38.7 Å². The maximum Gasteiger partial charge on any atom is 0.330 e. The van der Waals surface area contributed by atoms with Crippen molar-refractivity contribution in [3.8, 4) is 0 Å². The van der Waals surface area contributed by atoms with Crippen LogP contribution >= 0.6 is 8.53 Å². The molecule has 1 N–H and O–H groups in total. The summed E-state index contributed by atoms with van der Waals surface area (Å²) < 4.78 is 35.1. The van der Waals surface area contributed by atoms with Crippen molar-refractivity contribution in [1.29, 1.82) is 0 Å². The lowest BCUT2D eigenvalue weighted by atomic mass is 9.87. The molecule has 5 rings (SSSR count). The number of aromatic amines is 1. The zero-order valence-corrected chi connectivity index (χ0v) is 22.7. The fourth-order valence-corrected chi connectivity index (χ4v) is 7.74. The van der Waals surface area contributed by atoms with Crippen molar-refractivity contribution in [3.05, 3.63) is 68.5 Å². The minimum absolute atomic E-state index is 0.219. The first-order valence-electron chi connectivity index (χ1n) is 12.9. The molecular formula is C26H36N3O7P. The van der Waals surface area contributed by atoms with Gasteiger partial charge in [0, 0.05) is 25.4 Å². The highest BCUT2D eigenvalue weighted by Crippen LogP contribution is 2.64. The van der Waals surface area contributed by atoms with E-state index < -0.39 is 43.8 Å². The van der Waals surface area contributed by atoms with Crippen LogP contribution in [0.5, 0.6) is 0 Å². The van der Waals surface area contributed by atoms with Gasteiger partial charge in [0.25, 0.3) is 14.1 Å². The maximum absolute atomic E-state index is 12.8. The second-order valence-corrected chi connectivity index (χ2v) is 11.4. The zero-order chi connectivity index (χ0) is 26.2. The van der Waals surface area contributed by atoms with Crippen LogP contribution in [-0.4, -0.2) is 65.4 Å². The lowest BCUT2D eigenvalue weighted by Gasteiger charge is -2.29. The normalized spacial score (nSPS) is 33.7. The number of nitrogens with zero attached hydrogens (tertiary/aromatic N) is 2. The molecule has 2 aromatic rings. The molecule has 0 amide bonds. The van der Waals surface area contributed by atoms with Gasteiger partial charge in [0.2, 0.25) is 0 Å². The van der Waals surface area contributed by atoms with Gasteiger partial charge >= 0.3 is 5.69 Å². The molecule has 1 aromatic carbocycles. The fraction of sp³-hybridized carbons (Fsp3) is 0.615. The van der Waals surface area contributed by atoms with Crippen LogP contribution in [0.4, 0.5) is 0 Å². The summed E-state index contributed by atoms with van der Waals surface area (Å²) in [6.07, 6.45) is 2.14. The van der Waals surface area contributed by atoms with Crippen molar-refractivity contribution in [2.24, 2.45) is 0 Å². The van der Waals surface area contributed by atoms with Crippen LogP contribution in [0, 0.1) is 6.92 Å². The summed E-state index contributed by atoms with van der Waals surface area (Å²) in [4.78, 5) is 27.1. The number of ether oxygens (including phenoxy) is 3. The minimum atomic E-state index is -1.40. The zero-order valence-electron chi connectivity index (χ0n) is 21.8. The predicted octanol–water partition coefficient (Wildman–Crippen LogP) is 3.21. The lowest BCUT2D eigenvalue weighted by Crippen LogP contribution is -2.41. The summed E-state index contributed by atoms with van der Waals surface area (Å²) in [7, 11) is 0.214. The molecule has 0 bridgehead atoms. The van der Waals surface area contributed by atoms with Crippen LogP contribution in [-0.2, 0) is 28.9 Å². The summed E-state index contributed by atoms with van der Waals surface area (Å²) in [6.45, 7) is 7.42. The first-order valence-corrected chi connectivity index (χ1v) is 14.1. The molecule has 0 aliphatic carbocycles. The van der Waals surface area contributed by atoms with E-state index in [9.17, 15) is 9.59 Å². The van der Waals surface area contributed by atoms with E-state index in [1.165, 1.54) is 10.8 Å². The van der Waals surface area contributed by atoms with Crippen molar-refractivity contribution in [2.75, 3.05) is 26.9 Å². The van der Waals surface area contributed by atoms with E-state index in [4.69, 9.17) is 23.3 Å². The Kier molecular flexibility index (Phi) is 7.98. The predicted molar refractivity (Wildman–Crippen MR) is 138 cm³/mol. The van der Waals surface area contributed by atoms with Crippen molar-refractivity contribution in [3.63, 3.8) is 0 Å². The Morgan fingerprint density at radius 1 is 1.19 bits per heavy atom. The number of aromatic nitrogens is 2. The average Bonchev–Trinajstić information content (AvgIpc) is 3.58. The van der Waals surface area contributed by atoms with E-state index >= 15 is 0 Å². The van der Waals surface area contributed by atoms with Crippen LogP contribution in [0.2, 0.25) is 0 Å². The number of nitrogens with one attached hydrogen (secondary N) is 1. The molecule has 1 aromatic heterocycles. The van der Waals surface area contributed by atoms with Gasteiger partial charge in [-0.1, -0.05) is 37.3 Å².